The Labute approximate surface area is 341 Å². The molecule has 0 aliphatic heterocycles. The van der Waals surface area contributed by atoms with Crippen LogP contribution in [0.2, 0.25) is 0 Å². The molecule has 3 N–H and O–H groups in total. The molecule has 326 valence electrons. The number of allylic oxidation sites excluding steroid dienone is 3. The number of nitrogens with zero attached hydrogens (tertiary/aromatic N) is 1. The second kappa shape index (κ2) is 38.5. The molecule has 0 fully saturated rings. The number of amides is 1. The molecule has 0 saturated carbocycles. The third-order valence-corrected chi connectivity index (χ3v) is 11.4. The Bertz CT molecular complexity index is 953. The largest absolute Gasteiger partial charge is 0.472 e. The number of carbonyl (C=O) groups is 1. The van der Waals surface area contributed by atoms with Crippen molar-refractivity contribution in [2.75, 3.05) is 40.9 Å². The molecule has 1 unspecified atom stereocenters. The first-order valence-corrected chi connectivity index (χ1v) is 24.7. The minimum absolute atomic E-state index is 0.0618. The summed E-state index contributed by atoms with van der Waals surface area (Å²) in [5.74, 6) is -0.181. The zero-order chi connectivity index (χ0) is 40.7. The minimum Gasteiger partial charge on any atom is -0.387 e. The molecule has 0 aliphatic rings. The molecule has 0 bridgehead atoms. The summed E-state index contributed by atoms with van der Waals surface area (Å²) in [5, 5.41) is 13.8. The predicted octanol–water partition coefficient (Wildman–Crippen LogP) is 12.9. The van der Waals surface area contributed by atoms with E-state index < -0.39 is 20.0 Å². The lowest BCUT2D eigenvalue weighted by atomic mass is 10.0. The predicted molar refractivity (Wildman–Crippen MR) is 235 cm³/mol. The van der Waals surface area contributed by atoms with Crippen molar-refractivity contribution >= 4 is 13.7 Å². The van der Waals surface area contributed by atoms with Crippen molar-refractivity contribution in [1.29, 1.82) is 0 Å². The fourth-order valence-corrected chi connectivity index (χ4v) is 7.42. The van der Waals surface area contributed by atoms with E-state index in [9.17, 15) is 19.4 Å². The van der Waals surface area contributed by atoms with Gasteiger partial charge in [-0.05, 0) is 44.9 Å². The van der Waals surface area contributed by atoms with E-state index in [-0.39, 0.29) is 19.1 Å². The van der Waals surface area contributed by atoms with Crippen LogP contribution in [0.3, 0.4) is 0 Å². The van der Waals surface area contributed by atoms with Crippen molar-refractivity contribution in [3.63, 3.8) is 0 Å². The quantitative estimate of drug-likeness (QED) is 0.0246. The van der Waals surface area contributed by atoms with Crippen LogP contribution in [-0.4, -0.2) is 73.4 Å². The number of unbranched alkanes of at least 4 members (excludes halogenated alkanes) is 27. The molecule has 0 rings (SSSR count). The summed E-state index contributed by atoms with van der Waals surface area (Å²) in [7, 11) is 1.57. The molecule has 0 aromatic carbocycles. The van der Waals surface area contributed by atoms with Crippen molar-refractivity contribution in [2.24, 2.45) is 0 Å². The monoisotopic (exact) mass is 800 g/mol. The number of nitrogens with one attached hydrogen (secondary N) is 1. The van der Waals surface area contributed by atoms with Gasteiger partial charge in [0.1, 0.15) is 13.2 Å². The highest BCUT2D eigenvalue weighted by Crippen LogP contribution is 2.43. The van der Waals surface area contributed by atoms with E-state index in [1.807, 2.05) is 27.2 Å². The van der Waals surface area contributed by atoms with E-state index in [2.05, 4.69) is 31.3 Å². The summed E-state index contributed by atoms with van der Waals surface area (Å²) in [6.07, 6.45) is 45.2. The van der Waals surface area contributed by atoms with Gasteiger partial charge in [-0.25, -0.2) is 4.57 Å². The Balaban J connectivity index is 4.40. The summed E-state index contributed by atoms with van der Waals surface area (Å²) < 4.78 is 23.6. The Morgan fingerprint density at radius 1 is 0.600 bits per heavy atom. The zero-order valence-electron chi connectivity index (χ0n) is 36.9. The highest BCUT2D eigenvalue weighted by atomic mass is 31.2. The molecule has 0 saturated heterocycles. The normalized spacial score (nSPS) is 14.5. The maximum absolute atomic E-state index is 12.9. The first kappa shape index (κ1) is 54.0. The smallest absolute Gasteiger partial charge is 0.387 e. The van der Waals surface area contributed by atoms with Gasteiger partial charge in [0, 0.05) is 6.42 Å². The van der Waals surface area contributed by atoms with Crippen LogP contribution in [0, 0.1) is 0 Å². The van der Waals surface area contributed by atoms with Gasteiger partial charge >= 0.3 is 7.82 Å². The number of hydrogen-bond acceptors (Lipinski definition) is 5. The average molecular weight is 800 g/mol. The van der Waals surface area contributed by atoms with Gasteiger partial charge in [-0.1, -0.05) is 186 Å². The molecule has 0 aliphatic carbocycles. The lowest BCUT2D eigenvalue weighted by Gasteiger charge is -2.25. The Kier molecular flexibility index (Phi) is 37.8. The van der Waals surface area contributed by atoms with Crippen LogP contribution in [-0.2, 0) is 18.4 Å². The molecular weight excluding hydrogens is 707 g/mol. The number of phosphoric ester groups is 1. The molecule has 1 amide bonds. The standard InChI is InChI=1S/C46H91N2O6P/c1-6-8-10-12-14-16-18-20-22-24-26-28-30-32-34-36-38-40-46(50)47-44(43-54-55(51,52)53-42-41-48(3,4)5)45(49)39-37-35-33-31-29-27-25-23-21-19-17-15-13-11-9-7-2/h20,22,37,39,44-45,49H,6-19,21,23-36,38,40-43H2,1-5H3,(H-,47,50,51,52)/p+1/b22-20+,39-37+/t44-,45+/m0/s1. The van der Waals surface area contributed by atoms with Gasteiger partial charge in [-0.15, -0.1) is 0 Å². The van der Waals surface area contributed by atoms with Crippen LogP contribution < -0.4 is 5.32 Å². The van der Waals surface area contributed by atoms with E-state index >= 15 is 0 Å². The van der Waals surface area contributed by atoms with Crippen molar-refractivity contribution in [3.05, 3.63) is 24.3 Å². The molecular formula is C46H92N2O6P+. The van der Waals surface area contributed by atoms with Crippen LogP contribution in [0.25, 0.3) is 0 Å². The summed E-state index contributed by atoms with van der Waals surface area (Å²) in [5.41, 5.74) is 0. The van der Waals surface area contributed by atoms with Crippen LogP contribution >= 0.6 is 7.82 Å². The van der Waals surface area contributed by atoms with E-state index in [0.29, 0.717) is 17.4 Å². The lowest BCUT2D eigenvalue weighted by Crippen LogP contribution is -2.45. The Morgan fingerprint density at radius 3 is 1.40 bits per heavy atom. The van der Waals surface area contributed by atoms with E-state index in [0.717, 1.165) is 38.5 Å². The number of aliphatic hydroxyl groups is 1. The number of quaternary nitrogens is 1. The Morgan fingerprint density at radius 2 is 0.982 bits per heavy atom. The van der Waals surface area contributed by atoms with Gasteiger partial charge in [-0.2, -0.15) is 0 Å². The summed E-state index contributed by atoms with van der Waals surface area (Å²) in [6.45, 7) is 4.81. The van der Waals surface area contributed by atoms with E-state index in [4.69, 9.17) is 9.05 Å². The molecule has 0 aromatic heterocycles. The van der Waals surface area contributed by atoms with Crippen molar-refractivity contribution in [2.45, 2.75) is 225 Å². The van der Waals surface area contributed by atoms with Gasteiger partial charge in [0.25, 0.3) is 0 Å². The first-order valence-electron chi connectivity index (χ1n) is 23.2. The molecule has 0 aromatic rings. The minimum atomic E-state index is -4.34. The molecule has 8 nitrogen and oxygen atoms in total. The van der Waals surface area contributed by atoms with Crippen molar-refractivity contribution in [3.8, 4) is 0 Å². The number of likely N-dealkylation sites (N-methyl/N-ethyl adjacent to an activating group) is 1. The third-order valence-electron chi connectivity index (χ3n) is 10.4. The number of hydrogen-bond donors (Lipinski definition) is 3. The molecule has 0 heterocycles. The second-order valence-corrected chi connectivity index (χ2v) is 18.6. The highest BCUT2D eigenvalue weighted by molar-refractivity contribution is 7.47. The maximum atomic E-state index is 12.9. The SMILES string of the molecule is CCCCCCCC/C=C/CCCCCCCCCC(=O)N[C@@H](COP(=O)(O)OCC[N+](C)(C)C)[C@H](O)/C=C/CCCCCCCCCCCCCCCC. The summed E-state index contributed by atoms with van der Waals surface area (Å²) in [6, 6.07) is -0.845. The fourth-order valence-electron chi connectivity index (χ4n) is 6.68. The van der Waals surface area contributed by atoms with Crippen LogP contribution in [0.5, 0.6) is 0 Å². The van der Waals surface area contributed by atoms with Gasteiger partial charge < -0.3 is 19.8 Å². The maximum Gasteiger partial charge on any atom is 0.472 e. The second-order valence-electron chi connectivity index (χ2n) is 17.1. The number of phosphoric acid groups is 1. The van der Waals surface area contributed by atoms with E-state index in [1.165, 1.54) is 154 Å². The topological polar surface area (TPSA) is 105 Å². The van der Waals surface area contributed by atoms with Crippen LogP contribution in [0.15, 0.2) is 24.3 Å². The van der Waals surface area contributed by atoms with Gasteiger partial charge in [0.15, 0.2) is 0 Å². The molecule has 3 atom stereocenters. The third kappa shape index (κ3) is 41.0. The first-order chi connectivity index (χ1) is 26.5. The zero-order valence-corrected chi connectivity index (χ0v) is 37.8. The number of aliphatic hydroxyl groups excluding tert-OH is 1. The number of rotatable bonds is 42. The van der Waals surface area contributed by atoms with Gasteiger partial charge in [-0.3, -0.25) is 13.8 Å². The van der Waals surface area contributed by atoms with Gasteiger partial charge in [0.05, 0.1) is 39.9 Å². The van der Waals surface area contributed by atoms with Crippen molar-refractivity contribution < 1.29 is 32.9 Å². The molecule has 9 heteroatoms. The van der Waals surface area contributed by atoms with E-state index in [1.54, 1.807) is 6.08 Å². The Hall–Kier alpha value is -1.02. The van der Waals surface area contributed by atoms with Crippen LogP contribution in [0.4, 0.5) is 0 Å². The average Bonchev–Trinajstić information content (AvgIpc) is 3.13. The molecule has 0 radical (unpaired) electrons. The van der Waals surface area contributed by atoms with Gasteiger partial charge in [0.2, 0.25) is 5.91 Å². The van der Waals surface area contributed by atoms with Crippen LogP contribution in [0.1, 0.15) is 213 Å². The molecule has 55 heavy (non-hydrogen) atoms. The summed E-state index contributed by atoms with van der Waals surface area (Å²) in [4.78, 5) is 23.1. The van der Waals surface area contributed by atoms with Crippen molar-refractivity contribution in [1.82, 2.24) is 5.32 Å². The molecule has 0 spiro atoms. The summed E-state index contributed by atoms with van der Waals surface area (Å²) >= 11 is 0. The number of carbonyl (C=O) groups excluding carboxylic acids is 1. The fraction of sp³-hybridized carbons (Fsp3) is 0.891. The highest BCUT2D eigenvalue weighted by Gasteiger charge is 2.27. The lowest BCUT2D eigenvalue weighted by molar-refractivity contribution is -0.870.